The van der Waals surface area contributed by atoms with Crippen LogP contribution in [0.25, 0.3) is 0 Å². The number of unbranched alkanes of at least 4 members (excludes halogenated alkanes) is 2. The van der Waals surface area contributed by atoms with Crippen LogP contribution in [-0.2, 0) is 29.7 Å². The Bertz CT molecular complexity index is 756. The van der Waals surface area contributed by atoms with Gasteiger partial charge in [-0.25, -0.2) is 0 Å². The minimum Gasteiger partial charge on any atom is -0.356 e. The molecule has 1 unspecified atom stereocenters. The maximum Gasteiger partial charge on any atom is 1.00 e. The second-order valence-electron chi connectivity index (χ2n) is 9.24. The van der Waals surface area contributed by atoms with Crippen molar-refractivity contribution in [2.75, 3.05) is 51.5 Å². The van der Waals surface area contributed by atoms with Gasteiger partial charge in [0.25, 0.3) is 0 Å². The number of methoxy groups -OCH3 is 4. The van der Waals surface area contributed by atoms with Crippen LogP contribution in [0.1, 0.15) is 64.2 Å². The van der Waals surface area contributed by atoms with Gasteiger partial charge in [0.15, 0.2) is 12.6 Å². The average Bonchev–Trinajstić information content (AvgIpc) is 2.90. The van der Waals surface area contributed by atoms with E-state index >= 15 is 0 Å². The molecule has 0 aromatic rings. The van der Waals surface area contributed by atoms with Gasteiger partial charge in [0, 0.05) is 63.6 Å². The van der Waals surface area contributed by atoms with Gasteiger partial charge in [-0.2, -0.15) is 55.7 Å². The Hall–Kier alpha value is 1.21. The molecule has 0 spiro atoms. The van der Waals surface area contributed by atoms with Crippen LogP contribution in [0.15, 0.2) is 0 Å². The van der Waals surface area contributed by atoms with E-state index in [1.54, 1.807) is 14.2 Å². The maximum absolute atomic E-state index is 12.6. The maximum atomic E-state index is 12.6. The summed E-state index contributed by atoms with van der Waals surface area (Å²) in [5, 5.41) is 0. The third kappa shape index (κ3) is 34.1. The van der Waals surface area contributed by atoms with Crippen molar-refractivity contribution in [1.29, 1.82) is 0 Å². The first-order valence-electron chi connectivity index (χ1n) is 13.4. The van der Waals surface area contributed by atoms with Crippen molar-refractivity contribution in [3.05, 3.63) is 0 Å². The van der Waals surface area contributed by atoms with Crippen LogP contribution in [0.3, 0.4) is 0 Å². The van der Waals surface area contributed by atoms with E-state index in [1.807, 2.05) is 0 Å². The second-order valence-corrected chi connectivity index (χ2v) is 14.3. The van der Waals surface area contributed by atoms with Gasteiger partial charge in [-0.15, -0.1) is 0 Å². The summed E-state index contributed by atoms with van der Waals surface area (Å²) < 4.78 is 187. The van der Waals surface area contributed by atoms with Crippen LogP contribution in [0.2, 0.25) is 0 Å². The van der Waals surface area contributed by atoms with Gasteiger partial charge >= 0.3 is 53.8 Å². The van der Waals surface area contributed by atoms with Crippen molar-refractivity contribution in [2.24, 2.45) is 0 Å². The van der Waals surface area contributed by atoms with Gasteiger partial charge in [0.2, 0.25) is 0 Å². The molecule has 282 valence electrons. The van der Waals surface area contributed by atoms with Gasteiger partial charge in [-0.05, 0) is 62.9 Å². The summed E-state index contributed by atoms with van der Waals surface area (Å²) in [6.07, 6.45) is -10.3. The van der Waals surface area contributed by atoms with Crippen molar-refractivity contribution in [3.63, 3.8) is 0 Å². The standard InChI is InChI=1S/C12H21F5O3S.C12H21F5O2S.IO4.Na/c1-19-10(20-2)6-3-4-8-21(18)9-5-7-11(13,14)12(15,16)17;1-18-10(19-2)6-3-4-8-20-9-5-7-11(13,14)12(15,16)17;2-1(3,4)5;/h10H,3-9H2,1-2H3;10H,3-9H2,1-2H3;;/q;;-1;+1. The summed E-state index contributed by atoms with van der Waals surface area (Å²) in [4.78, 5) is 0. The Kier molecular flexibility index (Phi) is 33.6. The van der Waals surface area contributed by atoms with Crippen molar-refractivity contribution in [1.82, 2.24) is 0 Å². The Morgan fingerprint density at radius 3 is 1.28 bits per heavy atom. The number of rotatable bonds is 22. The second kappa shape index (κ2) is 28.8. The summed E-state index contributed by atoms with van der Waals surface area (Å²) in [5.74, 6) is -8.11. The molecule has 0 saturated heterocycles. The molecular formula is C24H42F10INaO9S2. The molecule has 0 aliphatic heterocycles. The Morgan fingerprint density at radius 2 is 0.915 bits per heavy atom. The first kappa shape index (κ1) is 55.0. The molecular weight excluding hydrogens is 836 g/mol. The van der Waals surface area contributed by atoms with E-state index in [4.69, 9.17) is 32.7 Å². The van der Waals surface area contributed by atoms with Crippen LogP contribution < -0.4 is 63.4 Å². The fourth-order valence-corrected chi connectivity index (χ4v) is 5.25. The molecule has 9 nitrogen and oxygen atoms in total. The fourth-order valence-electron chi connectivity index (χ4n) is 3.09. The van der Waals surface area contributed by atoms with E-state index in [0.717, 1.165) is 25.0 Å². The van der Waals surface area contributed by atoms with E-state index in [9.17, 15) is 48.1 Å². The molecule has 0 N–H and O–H groups in total. The van der Waals surface area contributed by atoms with Gasteiger partial charge < -0.3 is 18.9 Å². The predicted molar refractivity (Wildman–Crippen MR) is 139 cm³/mol. The molecule has 0 aliphatic rings. The van der Waals surface area contributed by atoms with Gasteiger partial charge in [0.05, 0.1) is 0 Å². The molecule has 0 amide bonds. The van der Waals surface area contributed by atoms with Crippen molar-refractivity contribution in [3.8, 4) is 0 Å². The minimum absolute atomic E-state index is 0. The number of hydrogen-bond donors (Lipinski definition) is 0. The van der Waals surface area contributed by atoms with E-state index in [2.05, 4.69) is 0 Å². The van der Waals surface area contributed by atoms with Crippen LogP contribution >= 0.6 is 11.8 Å². The zero-order valence-corrected chi connectivity index (χ0v) is 32.5. The van der Waals surface area contributed by atoms with E-state index in [1.165, 1.54) is 26.0 Å². The van der Waals surface area contributed by atoms with Gasteiger partial charge in [0.1, 0.15) is 20.1 Å². The van der Waals surface area contributed by atoms with E-state index in [0.29, 0.717) is 25.0 Å². The third-order valence-electron chi connectivity index (χ3n) is 5.56. The van der Waals surface area contributed by atoms with Gasteiger partial charge in [-0.1, -0.05) is 0 Å². The molecule has 47 heavy (non-hydrogen) atoms. The molecule has 0 aromatic carbocycles. The summed E-state index contributed by atoms with van der Waals surface area (Å²) in [5.41, 5.74) is 0. The van der Waals surface area contributed by atoms with Crippen LogP contribution in [0.5, 0.6) is 0 Å². The average molecular weight is 879 g/mol. The molecule has 0 bridgehead atoms. The Labute approximate surface area is 303 Å². The van der Waals surface area contributed by atoms with Crippen molar-refractivity contribution in [2.45, 2.75) is 101 Å². The SMILES string of the molecule is COC(CCCCS(=O)CCCC(F)(F)C(F)(F)F)OC.COC(CCCCSCCCC(F)(F)C(F)(F)F)OC.[Na+].[O-][I+3]([O-])([O-])[O-]. The van der Waals surface area contributed by atoms with Crippen LogP contribution in [0, 0.1) is 0 Å². The first-order valence-corrected chi connectivity index (χ1v) is 19.6. The van der Waals surface area contributed by atoms with Crippen LogP contribution in [-0.4, -0.2) is 92.4 Å². The normalized spacial score (nSPS) is 13.4. The first-order chi connectivity index (χ1) is 20.9. The molecule has 1 atom stereocenters. The quantitative estimate of drug-likeness (QED) is 0.0369. The number of hydrogen-bond acceptors (Lipinski definition) is 10. The minimum atomic E-state index is -5.94. The molecule has 0 aromatic heterocycles. The van der Waals surface area contributed by atoms with Crippen molar-refractivity contribution >= 4 is 22.6 Å². The van der Waals surface area contributed by atoms with Crippen molar-refractivity contribution < 1.29 is 130 Å². The number of halogens is 11. The monoisotopic (exact) mass is 878 g/mol. The topological polar surface area (TPSA) is 146 Å². The summed E-state index contributed by atoms with van der Waals surface area (Å²) in [6, 6.07) is 0. The number of ether oxygens (including phenoxy) is 4. The predicted octanol–water partition coefficient (Wildman–Crippen LogP) is -2.76. The molecule has 23 heteroatoms. The molecule has 0 rings (SSSR count). The number of alkyl halides is 10. The Balaban J connectivity index is -0.000000337. The van der Waals surface area contributed by atoms with E-state index < -0.39 is 74.4 Å². The summed E-state index contributed by atoms with van der Waals surface area (Å²) in [7, 11) is 4.69. The van der Waals surface area contributed by atoms with Gasteiger partial charge in [-0.3, -0.25) is 18.0 Å². The molecule has 0 heterocycles. The molecule has 0 aliphatic carbocycles. The smallest absolute Gasteiger partial charge is 0.356 e. The largest absolute Gasteiger partial charge is 1.00 e. The summed E-state index contributed by atoms with van der Waals surface area (Å²) >= 11 is -4.55. The molecule has 0 radical (unpaired) electrons. The van der Waals surface area contributed by atoms with E-state index in [-0.39, 0.29) is 60.1 Å². The third-order valence-corrected chi connectivity index (χ3v) is 8.21. The zero-order chi connectivity index (χ0) is 36.7. The fraction of sp³-hybridized carbons (Fsp3) is 1.00. The molecule has 0 saturated carbocycles. The summed E-state index contributed by atoms with van der Waals surface area (Å²) in [6.45, 7) is 0. The zero-order valence-electron chi connectivity index (χ0n) is 26.7. The Morgan fingerprint density at radius 1 is 0.596 bits per heavy atom. The number of thioether (sulfide) groups is 1. The molecule has 0 fully saturated rings. The van der Waals surface area contributed by atoms with Crippen LogP contribution in [0.4, 0.5) is 43.9 Å².